The number of nitrogens with zero attached hydrogens (tertiary/aromatic N) is 2. The van der Waals surface area contributed by atoms with Gasteiger partial charge < -0.3 is 10.2 Å². The first kappa shape index (κ1) is 22.5. The number of amides is 2. The number of thiophene rings is 1. The second kappa shape index (κ2) is 9.55. The van der Waals surface area contributed by atoms with Crippen molar-refractivity contribution in [1.29, 1.82) is 0 Å². The van der Waals surface area contributed by atoms with Crippen LogP contribution in [0, 0.1) is 11.8 Å². The van der Waals surface area contributed by atoms with Crippen molar-refractivity contribution in [2.24, 2.45) is 11.8 Å². The summed E-state index contributed by atoms with van der Waals surface area (Å²) in [5.41, 5.74) is 0.956. The molecule has 5 rings (SSSR count). The van der Waals surface area contributed by atoms with Crippen LogP contribution in [-0.4, -0.2) is 51.5 Å². The van der Waals surface area contributed by atoms with Crippen LogP contribution in [0.3, 0.4) is 0 Å². The zero-order valence-electron chi connectivity index (χ0n) is 18.4. The van der Waals surface area contributed by atoms with Crippen LogP contribution in [0.5, 0.6) is 0 Å². The molecule has 174 valence electrons. The topological polar surface area (TPSA) is 79.4 Å². The maximum atomic E-state index is 13.8. The molecular weight excluding hydrogens is 458 g/mol. The number of ketones is 1. The Morgan fingerprint density at radius 1 is 1.15 bits per heavy atom. The van der Waals surface area contributed by atoms with Crippen LogP contribution >= 0.6 is 22.9 Å². The summed E-state index contributed by atoms with van der Waals surface area (Å²) in [7, 11) is 0. The fourth-order valence-electron chi connectivity index (χ4n) is 5.66. The van der Waals surface area contributed by atoms with Gasteiger partial charge in [-0.25, -0.2) is 0 Å². The van der Waals surface area contributed by atoms with Gasteiger partial charge in [0.05, 0.1) is 16.3 Å². The lowest BCUT2D eigenvalue weighted by molar-refractivity contribution is -0.140. The van der Waals surface area contributed by atoms with E-state index in [0.29, 0.717) is 17.8 Å². The van der Waals surface area contributed by atoms with Gasteiger partial charge in [-0.2, -0.15) is 0 Å². The van der Waals surface area contributed by atoms with E-state index in [0.717, 1.165) is 49.0 Å². The SMILES string of the molecule is O=C(N[C@H](C(=O)N1C[C@H](Cl)[C@H]2CCC(=O)[C@H]21)C1CCCCC1)c1ccc(-c2cccnc2)s1. The van der Waals surface area contributed by atoms with Crippen LogP contribution in [0.1, 0.15) is 54.6 Å². The Balaban J connectivity index is 1.37. The van der Waals surface area contributed by atoms with E-state index in [-0.39, 0.29) is 34.8 Å². The molecule has 2 aliphatic carbocycles. The number of hydrogen-bond donors (Lipinski definition) is 1. The number of likely N-dealkylation sites (tertiary alicyclic amines) is 1. The van der Waals surface area contributed by atoms with E-state index in [1.165, 1.54) is 11.3 Å². The number of carbonyl (C=O) groups excluding carboxylic acids is 3. The number of nitrogens with one attached hydrogen (secondary N) is 1. The van der Waals surface area contributed by atoms with Crippen LogP contribution < -0.4 is 5.32 Å². The first-order valence-corrected chi connectivity index (χ1v) is 13.1. The van der Waals surface area contributed by atoms with Crippen molar-refractivity contribution in [3.63, 3.8) is 0 Å². The molecule has 2 saturated carbocycles. The third-order valence-corrected chi connectivity index (χ3v) is 8.96. The molecule has 6 nitrogen and oxygen atoms in total. The number of rotatable bonds is 5. The van der Waals surface area contributed by atoms with Gasteiger partial charge in [-0.3, -0.25) is 19.4 Å². The molecule has 1 aliphatic heterocycles. The molecule has 8 heteroatoms. The van der Waals surface area contributed by atoms with E-state index in [4.69, 9.17) is 11.6 Å². The molecule has 0 radical (unpaired) electrons. The quantitative estimate of drug-likeness (QED) is 0.641. The molecule has 3 aliphatic rings. The van der Waals surface area contributed by atoms with Gasteiger partial charge in [-0.15, -0.1) is 22.9 Å². The van der Waals surface area contributed by atoms with E-state index >= 15 is 0 Å². The molecule has 3 fully saturated rings. The molecular formula is C25H28ClN3O3S. The summed E-state index contributed by atoms with van der Waals surface area (Å²) in [4.78, 5) is 46.9. The third-order valence-electron chi connectivity index (χ3n) is 7.36. The summed E-state index contributed by atoms with van der Waals surface area (Å²) >= 11 is 7.92. The lowest BCUT2D eigenvalue weighted by Gasteiger charge is -2.34. The molecule has 2 aromatic rings. The second-order valence-electron chi connectivity index (χ2n) is 9.38. The molecule has 0 spiro atoms. The third kappa shape index (κ3) is 4.45. The minimum atomic E-state index is -0.627. The first-order chi connectivity index (χ1) is 16.0. The second-order valence-corrected chi connectivity index (χ2v) is 11.0. The number of hydrogen-bond acceptors (Lipinski definition) is 5. The largest absolute Gasteiger partial charge is 0.339 e. The maximum Gasteiger partial charge on any atom is 0.262 e. The Morgan fingerprint density at radius 3 is 2.73 bits per heavy atom. The summed E-state index contributed by atoms with van der Waals surface area (Å²) < 4.78 is 0. The van der Waals surface area contributed by atoms with E-state index in [9.17, 15) is 14.4 Å². The molecule has 1 saturated heterocycles. The monoisotopic (exact) mass is 485 g/mol. The lowest BCUT2D eigenvalue weighted by Crippen LogP contribution is -2.55. The van der Waals surface area contributed by atoms with Crippen molar-refractivity contribution < 1.29 is 14.4 Å². The van der Waals surface area contributed by atoms with Gasteiger partial charge in [0, 0.05) is 41.7 Å². The Bertz CT molecular complexity index is 1040. The average molecular weight is 486 g/mol. The Labute approximate surface area is 202 Å². The molecule has 0 bridgehead atoms. The van der Waals surface area contributed by atoms with Crippen LogP contribution in [0.2, 0.25) is 0 Å². The molecule has 3 heterocycles. The number of pyridine rings is 1. The highest BCUT2D eigenvalue weighted by molar-refractivity contribution is 7.17. The summed E-state index contributed by atoms with van der Waals surface area (Å²) in [6.07, 6.45) is 9.78. The molecule has 1 N–H and O–H groups in total. The van der Waals surface area contributed by atoms with Crippen LogP contribution in [0.25, 0.3) is 10.4 Å². The number of alkyl halides is 1. The Hall–Kier alpha value is -2.25. The summed E-state index contributed by atoms with van der Waals surface area (Å²) in [5.74, 6) is -0.172. The van der Waals surface area contributed by atoms with Crippen molar-refractivity contribution in [2.45, 2.75) is 62.4 Å². The minimum Gasteiger partial charge on any atom is -0.339 e. The molecule has 2 amide bonds. The van der Waals surface area contributed by atoms with Crippen LogP contribution in [0.4, 0.5) is 0 Å². The Kier molecular flexibility index (Phi) is 6.52. The number of fused-ring (bicyclic) bond motifs is 1. The van der Waals surface area contributed by atoms with Gasteiger partial charge in [-0.05, 0) is 43.4 Å². The van der Waals surface area contributed by atoms with E-state index in [1.807, 2.05) is 18.2 Å². The Morgan fingerprint density at radius 2 is 1.97 bits per heavy atom. The number of halogens is 1. The van der Waals surface area contributed by atoms with Gasteiger partial charge in [-0.1, -0.05) is 25.3 Å². The molecule has 0 aromatic carbocycles. The molecule has 33 heavy (non-hydrogen) atoms. The van der Waals surface area contributed by atoms with Crippen molar-refractivity contribution in [3.8, 4) is 10.4 Å². The standard InChI is InChI=1S/C25H28ClN3O3S/c26-18-14-29(23-17(18)8-9-19(23)30)25(32)22(15-5-2-1-3-6-15)28-24(31)21-11-10-20(33-21)16-7-4-12-27-13-16/h4,7,10-13,15,17-18,22-23H,1-3,5-6,8-9,14H2,(H,28,31)/t17-,18+,22+,23+/m1/s1. The van der Waals surface area contributed by atoms with Gasteiger partial charge in [0.25, 0.3) is 5.91 Å². The van der Waals surface area contributed by atoms with Crippen molar-refractivity contribution >= 4 is 40.5 Å². The van der Waals surface area contributed by atoms with Crippen LogP contribution in [0.15, 0.2) is 36.7 Å². The predicted molar refractivity (Wildman–Crippen MR) is 128 cm³/mol. The highest BCUT2D eigenvalue weighted by Crippen LogP contribution is 2.40. The maximum absolute atomic E-state index is 13.8. The molecule has 0 unspecified atom stereocenters. The number of Topliss-reactive ketones (excluding diaryl/α,β-unsaturated/α-hetero) is 1. The minimum absolute atomic E-state index is 0.0326. The van der Waals surface area contributed by atoms with Gasteiger partial charge in [0.1, 0.15) is 6.04 Å². The zero-order valence-corrected chi connectivity index (χ0v) is 20.0. The number of carbonyl (C=O) groups is 3. The zero-order chi connectivity index (χ0) is 22.9. The summed E-state index contributed by atoms with van der Waals surface area (Å²) in [6, 6.07) is 6.48. The summed E-state index contributed by atoms with van der Waals surface area (Å²) in [5, 5.41) is 2.86. The van der Waals surface area contributed by atoms with Crippen molar-refractivity contribution in [2.75, 3.05) is 6.54 Å². The number of aromatic nitrogens is 1. The average Bonchev–Trinajstić information content (AvgIpc) is 3.56. The fraction of sp³-hybridized carbons (Fsp3) is 0.520. The van der Waals surface area contributed by atoms with Crippen molar-refractivity contribution in [1.82, 2.24) is 15.2 Å². The van der Waals surface area contributed by atoms with Gasteiger partial charge in [0.2, 0.25) is 5.91 Å². The van der Waals surface area contributed by atoms with Gasteiger partial charge >= 0.3 is 0 Å². The fourth-order valence-corrected chi connectivity index (χ4v) is 6.98. The van der Waals surface area contributed by atoms with E-state index in [1.54, 1.807) is 23.4 Å². The summed E-state index contributed by atoms with van der Waals surface area (Å²) in [6.45, 7) is 0.380. The predicted octanol–water partition coefficient (Wildman–Crippen LogP) is 4.29. The van der Waals surface area contributed by atoms with E-state index in [2.05, 4.69) is 10.3 Å². The van der Waals surface area contributed by atoms with Crippen molar-refractivity contribution in [3.05, 3.63) is 41.5 Å². The smallest absolute Gasteiger partial charge is 0.262 e. The van der Waals surface area contributed by atoms with Gasteiger partial charge in [0.15, 0.2) is 5.78 Å². The lowest BCUT2D eigenvalue weighted by atomic mass is 9.83. The highest BCUT2D eigenvalue weighted by Gasteiger charge is 2.52. The molecule has 2 aromatic heterocycles. The highest BCUT2D eigenvalue weighted by atomic mass is 35.5. The molecule has 4 atom stereocenters. The van der Waals surface area contributed by atoms with Crippen LogP contribution in [-0.2, 0) is 9.59 Å². The first-order valence-electron chi connectivity index (χ1n) is 11.8. The normalized spacial score (nSPS) is 26.3. The van der Waals surface area contributed by atoms with E-state index < -0.39 is 12.1 Å².